The van der Waals surface area contributed by atoms with Gasteiger partial charge in [-0.25, -0.2) is 4.39 Å². The van der Waals surface area contributed by atoms with E-state index in [0.717, 1.165) is 26.2 Å². The summed E-state index contributed by atoms with van der Waals surface area (Å²) in [5, 5.41) is 3.76. The topological polar surface area (TPSA) is 15.3 Å². The molecule has 20 heavy (non-hydrogen) atoms. The fourth-order valence-corrected chi connectivity index (χ4v) is 2.62. The second-order valence-electron chi connectivity index (χ2n) is 4.56. The van der Waals surface area contributed by atoms with Crippen molar-refractivity contribution in [1.82, 2.24) is 10.2 Å². The standard InChI is InChI=1S/C14H18ClFN2.2ClH/c1-3-12(18-8-6-17-7-9-18)13-11(15)5-4-10(2)14(13)16;;/h3-5,12,17H,1,6-9H2,2H3;2*1H/t12-;;/m0../s1. The lowest BCUT2D eigenvalue weighted by Gasteiger charge is -2.34. The molecule has 0 aromatic heterocycles. The molecular weight excluding hydrogens is 322 g/mol. The number of benzene rings is 1. The van der Waals surface area contributed by atoms with Crippen LogP contribution >= 0.6 is 36.4 Å². The first-order valence-corrected chi connectivity index (χ1v) is 6.54. The van der Waals surface area contributed by atoms with E-state index in [0.29, 0.717) is 16.1 Å². The van der Waals surface area contributed by atoms with Crippen molar-refractivity contribution in [3.63, 3.8) is 0 Å². The van der Waals surface area contributed by atoms with Crippen LogP contribution in [0, 0.1) is 12.7 Å². The Balaban J connectivity index is 0.00000180. The molecule has 2 nitrogen and oxygen atoms in total. The molecule has 1 heterocycles. The second kappa shape index (κ2) is 8.85. The zero-order chi connectivity index (χ0) is 13.1. The van der Waals surface area contributed by atoms with E-state index < -0.39 is 0 Å². The van der Waals surface area contributed by atoms with Gasteiger partial charge in [0.1, 0.15) is 5.82 Å². The highest BCUT2D eigenvalue weighted by Crippen LogP contribution is 2.32. The van der Waals surface area contributed by atoms with Crippen molar-refractivity contribution in [2.24, 2.45) is 0 Å². The van der Waals surface area contributed by atoms with Gasteiger partial charge in [-0.05, 0) is 18.6 Å². The van der Waals surface area contributed by atoms with Crippen molar-refractivity contribution >= 4 is 36.4 Å². The average Bonchev–Trinajstić information content (AvgIpc) is 2.40. The number of hydrogen-bond acceptors (Lipinski definition) is 2. The fourth-order valence-electron chi connectivity index (χ4n) is 2.36. The molecule has 0 saturated carbocycles. The summed E-state index contributed by atoms with van der Waals surface area (Å²) in [5.41, 5.74) is 1.17. The second-order valence-corrected chi connectivity index (χ2v) is 4.97. The first-order chi connectivity index (χ1) is 8.65. The molecule has 1 aromatic carbocycles. The Morgan fingerprint density at radius 3 is 2.50 bits per heavy atom. The van der Waals surface area contributed by atoms with Gasteiger partial charge in [-0.3, -0.25) is 4.90 Å². The van der Waals surface area contributed by atoms with Crippen molar-refractivity contribution in [2.45, 2.75) is 13.0 Å². The molecule has 0 spiro atoms. The largest absolute Gasteiger partial charge is 0.314 e. The molecule has 114 valence electrons. The summed E-state index contributed by atoms with van der Waals surface area (Å²) in [6.07, 6.45) is 1.77. The molecule has 1 aromatic rings. The average molecular weight is 342 g/mol. The lowest BCUT2D eigenvalue weighted by atomic mass is 10.0. The van der Waals surface area contributed by atoms with Gasteiger partial charge in [0.2, 0.25) is 0 Å². The zero-order valence-electron chi connectivity index (χ0n) is 11.4. The number of nitrogens with one attached hydrogen (secondary N) is 1. The molecule has 0 aliphatic carbocycles. The highest BCUT2D eigenvalue weighted by Gasteiger charge is 2.24. The van der Waals surface area contributed by atoms with Crippen LogP contribution in [0.1, 0.15) is 17.2 Å². The van der Waals surface area contributed by atoms with Gasteiger partial charge in [-0.1, -0.05) is 23.7 Å². The molecular formula is C14H20Cl3FN2. The predicted octanol–water partition coefficient (Wildman–Crippen LogP) is 3.76. The van der Waals surface area contributed by atoms with Gasteiger partial charge in [-0.15, -0.1) is 31.4 Å². The van der Waals surface area contributed by atoms with Gasteiger partial charge < -0.3 is 5.32 Å². The molecule has 0 unspecified atom stereocenters. The van der Waals surface area contributed by atoms with E-state index in [-0.39, 0.29) is 36.7 Å². The summed E-state index contributed by atoms with van der Waals surface area (Å²) < 4.78 is 14.3. The third-order valence-electron chi connectivity index (χ3n) is 3.38. The highest BCUT2D eigenvalue weighted by molar-refractivity contribution is 6.31. The first-order valence-electron chi connectivity index (χ1n) is 6.17. The molecule has 1 aliphatic heterocycles. The van der Waals surface area contributed by atoms with Crippen LogP contribution < -0.4 is 5.32 Å². The minimum atomic E-state index is -0.217. The van der Waals surface area contributed by atoms with E-state index in [1.807, 2.05) is 0 Å². The number of nitrogens with zero attached hydrogens (tertiary/aromatic N) is 1. The minimum absolute atomic E-state index is 0. The lowest BCUT2D eigenvalue weighted by Crippen LogP contribution is -2.44. The van der Waals surface area contributed by atoms with E-state index in [1.165, 1.54) is 0 Å². The zero-order valence-corrected chi connectivity index (χ0v) is 13.8. The normalized spacial score (nSPS) is 16.8. The van der Waals surface area contributed by atoms with Gasteiger partial charge in [0.15, 0.2) is 0 Å². The smallest absolute Gasteiger partial charge is 0.132 e. The SMILES string of the molecule is C=C[C@@H](c1c(Cl)ccc(C)c1F)N1CCNCC1.Cl.Cl. The maximum atomic E-state index is 14.3. The van der Waals surface area contributed by atoms with Crippen LogP contribution in [0.4, 0.5) is 4.39 Å². The Hall–Kier alpha value is -0.320. The maximum Gasteiger partial charge on any atom is 0.132 e. The van der Waals surface area contributed by atoms with Gasteiger partial charge in [0, 0.05) is 36.8 Å². The van der Waals surface area contributed by atoms with Gasteiger partial charge in [0.05, 0.1) is 6.04 Å². The molecule has 1 N–H and O–H groups in total. The van der Waals surface area contributed by atoms with Crippen LogP contribution in [0.5, 0.6) is 0 Å². The van der Waals surface area contributed by atoms with E-state index in [1.54, 1.807) is 25.1 Å². The number of hydrogen-bond donors (Lipinski definition) is 1. The molecule has 1 aliphatic rings. The van der Waals surface area contributed by atoms with Crippen LogP contribution in [0.2, 0.25) is 5.02 Å². The number of piperazine rings is 1. The third kappa shape index (κ3) is 4.09. The van der Waals surface area contributed by atoms with E-state index >= 15 is 0 Å². The summed E-state index contributed by atoms with van der Waals surface area (Å²) in [6, 6.07) is 3.31. The third-order valence-corrected chi connectivity index (χ3v) is 3.71. The Labute approximate surface area is 137 Å². The molecule has 6 heteroatoms. The molecule has 0 bridgehead atoms. The van der Waals surface area contributed by atoms with Crippen molar-refractivity contribution in [2.75, 3.05) is 26.2 Å². The van der Waals surface area contributed by atoms with Crippen LogP contribution in [0.25, 0.3) is 0 Å². The van der Waals surface area contributed by atoms with Crippen LogP contribution in [0.3, 0.4) is 0 Å². The number of halogens is 4. The van der Waals surface area contributed by atoms with Crippen molar-refractivity contribution < 1.29 is 4.39 Å². The maximum absolute atomic E-state index is 14.3. The molecule has 1 fully saturated rings. The van der Waals surface area contributed by atoms with E-state index in [9.17, 15) is 4.39 Å². The van der Waals surface area contributed by atoms with Crippen LogP contribution in [-0.4, -0.2) is 31.1 Å². The van der Waals surface area contributed by atoms with Crippen LogP contribution in [-0.2, 0) is 0 Å². The summed E-state index contributed by atoms with van der Waals surface area (Å²) in [5.74, 6) is -0.217. The molecule has 1 saturated heterocycles. The van der Waals surface area contributed by atoms with Crippen molar-refractivity contribution in [1.29, 1.82) is 0 Å². The van der Waals surface area contributed by atoms with Gasteiger partial charge in [0.25, 0.3) is 0 Å². The summed E-state index contributed by atoms with van der Waals surface area (Å²) in [6.45, 7) is 9.17. The summed E-state index contributed by atoms with van der Waals surface area (Å²) in [7, 11) is 0. The Bertz CT molecular complexity index is 448. The van der Waals surface area contributed by atoms with E-state index in [2.05, 4.69) is 16.8 Å². The Kier molecular flexibility index (Phi) is 8.71. The number of aryl methyl sites for hydroxylation is 1. The predicted molar refractivity (Wildman–Crippen MR) is 88.0 cm³/mol. The quantitative estimate of drug-likeness (QED) is 0.842. The lowest BCUT2D eigenvalue weighted by molar-refractivity contribution is 0.200. The van der Waals surface area contributed by atoms with Gasteiger partial charge in [-0.2, -0.15) is 0 Å². The Morgan fingerprint density at radius 1 is 1.35 bits per heavy atom. The van der Waals surface area contributed by atoms with Crippen molar-refractivity contribution in [3.8, 4) is 0 Å². The molecule has 0 radical (unpaired) electrons. The summed E-state index contributed by atoms with van der Waals surface area (Å²) in [4.78, 5) is 2.20. The minimum Gasteiger partial charge on any atom is -0.314 e. The molecule has 1 atom stereocenters. The van der Waals surface area contributed by atoms with Crippen molar-refractivity contribution in [3.05, 3.63) is 46.8 Å². The molecule has 0 amide bonds. The summed E-state index contributed by atoms with van der Waals surface area (Å²) >= 11 is 6.16. The van der Waals surface area contributed by atoms with Crippen LogP contribution in [0.15, 0.2) is 24.8 Å². The first kappa shape index (κ1) is 19.7. The number of rotatable bonds is 3. The van der Waals surface area contributed by atoms with Gasteiger partial charge >= 0.3 is 0 Å². The Morgan fingerprint density at radius 2 is 1.95 bits per heavy atom. The highest BCUT2D eigenvalue weighted by atomic mass is 35.5. The van der Waals surface area contributed by atoms with E-state index in [4.69, 9.17) is 11.6 Å². The monoisotopic (exact) mass is 340 g/mol. The fraction of sp³-hybridized carbons (Fsp3) is 0.429. The molecule has 2 rings (SSSR count).